The van der Waals surface area contributed by atoms with Crippen LogP contribution in [-0.2, 0) is 31.6 Å². The van der Waals surface area contributed by atoms with Crippen molar-refractivity contribution in [3.8, 4) is 0 Å². The molecule has 0 saturated carbocycles. The maximum atomic E-state index is 7.06. The van der Waals surface area contributed by atoms with Crippen LogP contribution in [0.3, 0.4) is 0 Å². The molecule has 0 aromatic carbocycles. The first-order valence-corrected chi connectivity index (χ1v) is 1.17. The summed E-state index contributed by atoms with van der Waals surface area (Å²) in [6.07, 6.45) is 0. The molecule has 0 aliphatic rings. The van der Waals surface area contributed by atoms with Gasteiger partial charge in [0.2, 0.25) is 0 Å². The average molecular weight is 185 g/mol. The molecule has 0 fully saturated rings. The van der Waals surface area contributed by atoms with Crippen LogP contribution in [0.4, 0.5) is 0 Å². The summed E-state index contributed by atoms with van der Waals surface area (Å²) in [5.41, 5.74) is 0. The van der Waals surface area contributed by atoms with Crippen LogP contribution in [0.1, 0.15) is 0 Å². The molecule has 0 spiro atoms. The van der Waals surface area contributed by atoms with Crippen molar-refractivity contribution in [3.05, 3.63) is 0 Å². The Balaban J connectivity index is -0.00000000667. The second-order valence-electron chi connectivity index (χ2n) is 0.0632. The zero-order valence-corrected chi connectivity index (χ0v) is 4.40. The summed E-state index contributed by atoms with van der Waals surface area (Å²) in [6.45, 7) is 0. The SMILES string of the molecule is [Ni+2].[OH-].[OH-].[OH][Ni][OH]. The Morgan fingerprint density at radius 2 is 1.00 bits per heavy atom. The van der Waals surface area contributed by atoms with Crippen LogP contribution in [-0.4, -0.2) is 19.5 Å². The predicted octanol–water partition coefficient (Wildman–Crippen LogP) is -1.47. The third kappa shape index (κ3) is 103. The van der Waals surface area contributed by atoms with Crippen molar-refractivity contribution in [1.82, 2.24) is 0 Å². The molecule has 0 atom stereocenters. The van der Waals surface area contributed by atoms with E-state index in [9.17, 15) is 0 Å². The topological polar surface area (TPSA) is 100 Å². The minimum atomic E-state index is -0.375. The summed E-state index contributed by atoms with van der Waals surface area (Å²) in [6, 6.07) is 0. The quantitative estimate of drug-likeness (QED) is 0.450. The van der Waals surface area contributed by atoms with Crippen LogP contribution in [0.2, 0.25) is 0 Å². The van der Waals surface area contributed by atoms with Crippen molar-refractivity contribution < 1.29 is 51.0 Å². The molecule has 0 aliphatic carbocycles. The van der Waals surface area contributed by atoms with Gasteiger partial charge in [-0.3, -0.25) is 0 Å². The summed E-state index contributed by atoms with van der Waals surface area (Å²) in [7, 11) is 0. The van der Waals surface area contributed by atoms with Gasteiger partial charge in [0.15, 0.2) is 0 Å². The molecule has 0 bridgehead atoms. The van der Waals surface area contributed by atoms with Crippen molar-refractivity contribution in [1.29, 1.82) is 0 Å². The molecule has 0 aliphatic heterocycles. The Morgan fingerprint density at radius 1 is 1.00 bits per heavy atom. The molecule has 48 valence electrons. The van der Waals surface area contributed by atoms with Gasteiger partial charge in [-0.25, -0.2) is 0 Å². The van der Waals surface area contributed by atoms with Crippen molar-refractivity contribution in [2.24, 2.45) is 0 Å². The third-order valence-corrected chi connectivity index (χ3v) is 0. The third-order valence-electron chi connectivity index (χ3n) is 0. The predicted molar refractivity (Wildman–Crippen MR) is 8.31 cm³/mol. The molecule has 0 amide bonds. The van der Waals surface area contributed by atoms with E-state index in [1.54, 1.807) is 0 Å². The zero-order chi connectivity index (χ0) is 2.71. The summed E-state index contributed by atoms with van der Waals surface area (Å²) < 4.78 is 14.1. The number of hydrogen-bond donors (Lipinski definition) is 2. The van der Waals surface area contributed by atoms with E-state index < -0.39 is 0 Å². The van der Waals surface area contributed by atoms with E-state index >= 15 is 0 Å². The van der Waals surface area contributed by atoms with Gasteiger partial charge < -0.3 is 11.0 Å². The van der Waals surface area contributed by atoms with E-state index in [-0.39, 0.29) is 42.5 Å². The molecule has 0 aromatic rings. The molecule has 4 N–H and O–H groups in total. The van der Waals surface area contributed by atoms with Gasteiger partial charge in [0.25, 0.3) is 0 Å². The van der Waals surface area contributed by atoms with Crippen LogP contribution >= 0.6 is 0 Å². The van der Waals surface area contributed by atoms with E-state index in [4.69, 9.17) is 8.50 Å². The van der Waals surface area contributed by atoms with E-state index in [0.717, 1.165) is 0 Å². The zero-order valence-electron chi connectivity index (χ0n) is 2.42. The Labute approximate surface area is 51.5 Å². The summed E-state index contributed by atoms with van der Waals surface area (Å²) in [4.78, 5) is 0. The van der Waals surface area contributed by atoms with E-state index in [0.29, 0.717) is 0 Å². The van der Waals surface area contributed by atoms with Crippen LogP contribution in [0, 0.1) is 0 Å². The van der Waals surface area contributed by atoms with Crippen molar-refractivity contribution >= 4 is 0 Å². The second kappa shape index (κ2) is 40.7. The van der Waals surface area contributed by atoms with Gasteiger partial charge in [-0.2, -0.15) is 0 Å². The van der Waals surface area contributed by atoms with E-state index in [1.807, 2.05) is 0 Å². The molecule has 0 unspecified atom stereocenters. The molecule has 0 radical (unpaired) electrons. The summed E-state index contributed by atoms with van der Waals surface area (Å²) >= 11 is -0.375. The van der Waals surface area contributed by atoms with Gasteiger partial charge in [-0.05, 0) is 0 Å². The second-order valence-corrected chi connectivity index (χ2v) is 0.261. The molecule has 0 heterocycles. The van der Waals surface area contributed by atoms with Crippen LogP contribution in [0.15, 0.2) is 0 Å². The van der Waals surface area contributed by atoms with Gasteiger partial charge in [0, 0.05) is 0 Å². The molecule has 4 nitrogen and oxygen atoms in total. The van der Waals surface area contributed by atoms with Gasteiger partial charge in [0.1, 0.15) is 0 Å². The molecule has 0 rings (SSSR count). The van der Waals surface area contributed by atoms with E-state index in [2.05, 4.69) is 0 Å². The van der Waals surface area contributed by atoms with E-state index in [1.165, 1.54) is 0 Å². The van der Waals surface area contributed by atoms with Crippen molar-refractivity contribution in [3.63, 3.8) is 0 Å². The fourth-order valence-electron chi connectivity index (χ4n) is 0. The van der Waals surface area contributed by atoms with Gasteiger partial charge >= 0.3 is 40.1 Å². The first-order chi connectivity index (χ1) is 1.41. The number of hydrogen-bond acceptors (Lipinski definition) is 4. The van der Waals surface area contributed by atoms with Gasteiger partial charge in [0.05, 0.1) is 0 Å². The molecule has 6 heavy (non-hydrogen) atoms. The fraction of sp³-hybridized carbons (Fsp3) is 0. The van der Waals surface area contributed by atoms with Crippen LogP contribution in [0.25, 0.3) is 0 Å². The first-order valence-electron chi connectivity index (χ1n) is 0.283. The van der Waals surface area contributed by atoms with Gasteiger partial charge in [-0.15, -0.1) is 0 Å². The summed E-state index contributed by atoms with van der Waals surface area (Å²) in [5, 5.41) is 0. The first kappa shape index (κ1) is 29.0. The molecular formula is H4Ni2O4. The normalized spacial score (nSPS) is 3.67. The Kier molecular flexibility index (Phi) is 197. The van der Waals surface area contributed by atoms with Crippen LogP contribution < -0.4 is 0 Å². The Morgan fingerprint density at radius 3 is 1.00 bits per heavy atom. The Hall–Kier alpha value is 0.827. The molecule has 6 heteroatoms. The van der Waals surface area contributed by atoms with Crippen molar-refractivity contribution in [2.75, 3.05) is 0 Å². The van der Waals surface area contributed by atoms with Crippen LogP contribution in [0.5, 0.6) is 0 Å². The standard InChI is InChI=1S/2Ni.4H2O/h;;4*1H2/q2*+2;;;;/p-4. The average Bonchev–Trinajstić information content (AvgIpc) is 0.918. The maximum absolute atomic E-state index is 7.06. The van der Waals surface area contributed by atoms with Gasteiger partial charge in [-0.1, -0.05) is 0 Å². The molecular weight excluding hydrogens is 181 g/mol. The number of rotatable bonds is 0. The monoisotopic (exact) mass is 184 g/mol. The minimum absolute atomic E-state index is 0. The molecule has 0 aromatic heterocycles. The Bertz CT molecular complexity index is 5.51. The summed E-state index contributed by atoms with van der Waals surface area (Å²) in [5.74, 6) is 0. The fourth-order valence-corrected chi connectivity index (χ4v) is 0. The van der Waals surface area contributed by atoms with Crippen molar-refractivity contribution in [2.45, 2.75) is 0 Å². The molecule has 0 saturated heterocycles.